The molecule has 86 valence electrons. The molecule has 0 fully saturated rings. The van der Waals surface area contributed by atoms with Gasteiger partial charge in [0.2, 0.25) is 5.91 Å². The van der Waals surface area contributed by atoms with Crippen molar-refractivity contribution in [2.45, 2.75) is 11.4 Å². The van der Waals surface area contributed by atoms with Crippen molar-refractivity contribution in [3.63, 3.8) is 0 Å². The molecule has 0 saturated heterocycles. The molecule has 1 aromatic carbocycles. The maximum absolute atomic E-state index is 11.2. The molecule has 0 atom stereocenters. The summed E-state index contributed by atoms with van der Waals surface area (Å²) in [5.74, 6) is -0.257. The Balaban J connectivity index is 2.73. The van der Waals surface area contributed by atoms with Crippen LogP contribution in [0.5, 0.6) is 0 Å². The Morgan fingerprint density at radius 1 is 1.38 bits per heavy atom. The Morgan fingerprint density at radius 2 is 1.94 bits per heavy atom. The molecule has 0 aliphatic carbocycles. The molecule has 0 aromatic heterocycles. The Morgan fingerprint density at radius 3 is 2.38 bits per heavy atom. The van der Waals surface area contributed by atoms with Gasteiger partial charge in [-0.2, -0.15) is 0 Å². The van der Waals surface area contributed by atoms with Gasteiger partial charge in [-0.1, -0.05) is 18.7 Å². The molecule has 0 bridgehead atoms. The van der Waals surface area contributed by atoms with E-state index in [1.54, 1.807) is 12.1 Å². The molecule has 0 unspecified atom stereocenters. The van der Waals surface area contributed by atoms with Crippen LogP contribution in [-0.4, -0.2) is 20.6 Å². The van der Waals surface area contributed by atoms with E-state index in [9.17, 15) is 13.2 Å². The summed E-state index contributed by atoms with van der Waals surface area (Å²) in [4.78, 5) is 11.2. The molecule has 0 aliphatic rings. The number of benzene rings is 1. The number of carbonyl (C=O) groups is 1. The van der Waals surface area contributed by atoms with Crippen LogP contribution in [0.1, 0.15) is 5.56 Å². The van der Waals surface area contributed by atoms with Crippen molar-refractivity contribution < 1.29 is 13.2 Å². The minimum Gasteiger partial charge on any atom is -0.348 e. The molecule has 0 saturated carbocycles. The predicted octanol–water partition coefficient (Wildman–Crippen LogP) is 0.892. The molecule has 0 spiro atoms. The SMILES string of the molecule is C=CC(=O)NCc1ccc(S(C)(=O)=O)cc1. The first-order chi connectivity index (χ1) is 7.43. The second kappa shape index (κ2) is 4.94. The summed E-state index contributed by atoms with van der Waals surface area (Å²) >= 11 is 0. The van der Waals surface area contributed by atoms with Gasteiger partial charge >= 0.3 is 0 Å². The first-order valence-electron chi connectivity index (χ1n) is 4.63. The minimum absolute atomic E-state index is 0.257. The Bertz CT molecular complexity index is 488. The summed E-state index contributed by atoms with van der Waals surface area (Å²) < 4.78 is 22.3. The van der Waals surface area contributed by atoms with Gasteiger partial charge in [0.05, 0.1) is 4.90 Å². The zero-order valence-corrected chi connectivity index (χ0v) is 9.75. The van der Waals surface area contributed by atoms with Gasteiger partial charge in [-0.15, -0.1) is 0 Å². The molecule has 4 nitrogen and oxygen atoms in total. The van der Waals surface area contributed by atoms with Crippen molar-refractivity contribution in [3.8, 4) is 0 Å². The number of amides is 1. The largest absolute Gasteiger partial charge is 0.348 e. The molecule has 1 N–H and O–H groups in total. The molecule has 1 rings (SSSR count). The number of hydrogen-bond acceptors (Lipinski definition) is 3. The van der Waals surface area contributed by atoms with E-state index >= 15 is 0 Å². The van der Waals surface area contributed by atoms with E-state index in [1.807, 2.05) is 0 Å². The highest BCUT2D eigenvalue weighted by atomic mass is 32.2. The third-order valence-corrected chi connectivity index (χ3v) is 3.13. The molecular weight excluding hydrogens is 226 g/mol. The van der Waals surface area contributed by atoms with Crippen LogP contribution in [0.25, 0.3) is 0 Å². The summed E-state index contributed by atoms with van der Waals surface area (Å²) in [6.45, 7) is 3.68. The molecule has 0 radical (unpaired) electrons. The fourth-order valence-electron chi connectivity index (χ4n) is 1.12. The van der Waals surface area contributed by atoms with Crippen LogP contribution in [0.15, 0.2) is 41.8 Å². The zero-order chi connectivity index (χ0) is 12.2. The van der Waals surface area contributed by atoms with Crippen molar-refractivity contribution in [1.82, 2.24) is 5.32 Å². The molecule has 5 heteroatoms. The zero-order valence-electron chi connectivity index (χ0n) is 8.93. The van der Waals surface area contributed by atoms with Crippen molar-refractivity contribution >= 4 is 15.7 Å². The average molecular weight is 239 g/mol. The molecular formula is C11H13NO3S. The van der Waals surface area contributed by atoms with Crippen LogP contribution >= 0.6 is 0 Å². The van der Waals surface area contributed by atoms with Crippen LogP contribution in [0, 0.1) is 0 Å². The summed E-state index contributed by atoms with van der Waals surface area (Å²) in [5.41, 5.74) is 0.836. The lowest BCUT2D eigenvalue weighted by Crippen LogP contribution is -2.19. The Labute approximate surface area is 94.9 Å². The average Bonchev–Trinajstić information content (AvgIpc) is 2.25. The molecule has 1 aromatic rings. The van der Waals surface area contributed by atoms with Crippen LogP contribution < -0.4 is 5.32 Å². The standard InChI is InChI=1S/C11H13NO3S/c1-3-11(13)12-8-9-4-6-10(7-5-9)16(2,14)15/h3-7H,1,8H2,2H3,(H,12,13). The normalized spacial score (nSPS) is 10.8. The third kappa shape index (κ3) is 3.51. The molecule has 0 heterocycles. The second-order valence-corrected chi connectivity index (χ2v) is 5.35. The highest BCUT2D eigenvalue weighted by Gasteiger charge is 2.05. The van der Waals surface area contributed by atoms with Gasteiger partial charge < -0.3 is 5.32 Å². The second-order valence-electron chi connectivity index (χ2n) is 3.34. The van der Waals surface area contributed by atoms with E-state index in [0.29, 0.717) is 6.54 Å². The molecule has 0 aliphatic heterocycles. The number of hydrogen-bond donors (Lipinski definition) is 1. The van der Waals surface area contributed by atoms with E-state index in [4.69, 9.17) is 0 Å². The lowest BCUT2D eigenvalue weighted by atomic mass is 10.2. The summed E-state index contributed by atoms with van der Waals surface area (Å²) in [6.07, 6.45) is 2.34. The van der Waals surface area contributed by atoms with Crippen LogP contribution in [0.3, 0.4) is 0 Å². The molecule has 1 amide bonds. The van der Waals surface area contributed by atoms with Crippen molar-refractivity contribution in [1.29, 1.82) is 0 Å². The topological polar surface area (TPSA) is 63.2 Å². The molecule has 16 heavy (non-hydrogen) atoms. The monoisotopic (exact) mass is 239 g/mol. The van der Waals surface area contributed by atoms with Crippen LogP contribution in [0.4, 0.5) is 0 Å². The number of nitrogens with one attached hydrogen (secondary N) is 1. The predicted molar refractivity (Wildman–Crippen MR) is 61.6 cm³/mol. The van der Waals surface area contributed by atoms with Gasteiger partial charge in [0.15, 0.2) is 9.84 Å². The lowest BCUT2D eigenvalue weighted by Gasteiger charge is -2.03. The minimum atomic E-state index is -3.16. The van der Waals surface area contributed by atoms with E-state index in [2.05, 4.69) is 11.9 Å². The maximum atomic E-state index is 11.2. The van der Waals surface area contributed by atoms with Crippen molar-refractivity contribution in [3.05, 3.63) is 42.5 Å². The fraction of sp³-hybridized carbons (Fsp3) is 0.182. The summed E-state index contributed by atoms with van der Waals surface area (Å²) in [5, 5.41) is 2.60. The van der Waals surface area contributed by atoms with Gasteiger partial charge in [0.1, 0.15) is 0 Å². The highest BCUT2D eigenvalue weighted by molar-refractivity contribution is 7.90. The van der Waals surface area contributed by atoms with Gasteiger partial charge in [-0.05, 0) is 23.8 Å². The van der Waals surface area contributed by atoms with E-state index < -0.39 is 9.84 Å². The van der Waals surface area contributed by atoms with E-state index in [1.165, 1.54) is 18.2 Å². The van der Waals surface area contributed by atoms with Crippen LogP contribution in [0.2, 0.25) is 0 Å². The Kier molecular flexibility index (Phi) is 3.84. The first kappa shape index (κ1) is 12.4. The number of carbonyl (C=O) groups excluding carboxylic acids is 1. The maximum Gasteiger partial charge on any atom is 0.243 e. The first-order valence-corrected chi connectivity index (χ1v) is 6.52. The third-order valence-electron chi connectivity index (χ3n) is 2.00. The van der Waals surface area contributed by atoms with Crippen molar-refractivity contribution in [2.24, 2.45) is 0 Å². The van der Waals surface area contributed by atoms with E-state index in [0.717, 1.165) is 11.8 Å². The highest BCUT2D eigenvalue weighted by Crippen LogP contribution is 2.09. The van der Waals surface area contributed by atoms with Crippen molar-refractivity contribution in [2.75, 3.05) is 6.26 Å². The van der Waals surface area contributed by atoms with Gasteiger partial charge in [-0.25, -0.2) is 8.42 Å². The lowest BCUT2D eigenvalue weighted by molar-refractivity contribution is -0.116. The quantitative estimate of drug-likeness (QED) is 0.794. The van der Waals surface area contributed by atoms with Gasteiger partial charge in [0, 0.05) is 12.8 Å². The van der Waals surface area contributed by atoms with E-state index in [-0.39, 0.29) is 10.8 Å². The Hall–Kier alpha value is -1.62. The summed E-state index contributed by atoms with van der Waals surface area (Å²) in [7, 11) is -3.16. The van der Waals surface area contributed by atoms with Gasteiger partial charge in [0.25, 0.3) is 0 Å². The van der Waals surface area contributed by atoms with Crippen LogP contribution in [-0.2, 0) is 21.2 Å². The number of sulfone groups is 1. The fourth-order valence-corrected chi connectivity index (χ4v) is 1.75. The summed E-state index contributed by atoms with van der Waals surface area (Å²) in [6, 6.07) is 6.37. The number of rotatable bonds is 4. The van der Waals surface area contributed by atoms with Gasteiger partial charge in [-0.3, -0.25) is 4.79 Å². The smallest absolute Gasteiger partial charge is 0.243 e.